The quantitative estimate of drug-likeness (QED) is 0.890. The standard InChI is InChI=1S/C18H19N3O3S/c1-13-4-9-17(14(2)10-13)20-18(22)12-21(3)25(23,24)16-7-5-15(11-19)6-8-16/h4-10H,12H2,1-3H3,(H,20,22). The maximum Gasteiger partial charge on any atom is 0.243 e. The number of aryl methyl sites for hydroxylation is 2. The zero-order valence-corrected chi connectivity index (χ0v) is 15.1. The molecule has 1 N–H and O–H groups in total. The number of hydrogen-bond donors (Lipinski definition) is 1. The Morgan fingerprint density at radius 3 is 2.36 bits per heavy atom. The van der Waals surface area contributed by atoms with Crippen molar-refractivity contribution < 1.29 is 13.2 Å². The molecule has 0 aliphatic rings. The molecule has 0 radical (unpaired) electrons. The lowest BCUT2D eigenvalue weighted by molar-refractivity contribution is -0.116. The smallest absolute Gasteiger partial charge is 0.243 e. The number of rotatable bonds is 5. The van der Waals surface area contributed by atoms with Crippen LogP contribution in [0.25, 0.3) is 0 Å². The van der Waals surface area contributed by atoms with Gasteiger partial charge in [-0.25, -0.2) is 8.42 Å². The summed E-state index contributed by atoms with van der Waals surface area (Å²) in [6.07, 6.45) is 0. The van der Waals surface area contributed by atoms with Crippen molar-refractivity contribution in [3.8, 4) is 6.07 Å². The molecule has 6 nitrogen and oxygen atoms in total. The fourth-order valence-corrected chi connectivity index (χ4v) is 3.44. The molecule has 0 atom stereocenters. The third-order valence-electron chi connectivity index (χ3n) is 3.71. The summed E-state index contributed by atoms with van der Waals surface area (Å²) in [5.41, 5.74) is 3.01. The number of amides is 1. The first-order valence-electron chi connectivity index (χ1n) is 7.57. The predicted octanol–water partition coefficient (Wildman–Crippen LogP) is 2.43. The highest BCUT2D eigenvalue weighted by Crippen LogP contribution is 2.17. The van der Waals surface area contributed by atoms with Gasteiger partial charge in [0, 0.05) is 12.7 Å². The van der Waals surface area contributed by atoms with Crippen LogP contribution in [0.2, 0.25) is 0 Å². The Labute approximate surface area is 147 Å². The second-order valence-corrected chi connectivity index (χ2v) is 7.81. The van der Waals surface area contributed by atoms with Crippen LogP contribution in [-0.4, -0.2) is 32.2 Å². The molecule has 0 fully saturated rings. The van der Waals surface area contributed by atoms with Crippen LogP contribution in [0.4, 0.5) is 5.69 Å². The number of sulfonamides is 1. The van der Waals surface area contributed by atoms with Crippen LogP contribution < -0.4 is 5.32 Å². The average molecular weight is 357 g/mol. The minimum Gasteiger partial charge on any atom is -0.325 e. The first kappa shape index (κ1) is 18.6. The molecule has 2 aromatic carbocycles. The molecule has 0 aliphatic carbocycles. The number of anilines is 1. The molecule has 7 heteroatoms. The topological polar surface area (TPSA) is 90.3 Å². The molecular weight excluding hydrogens is 338 g/mol. The van der Waals surface area contributed by atoms with Gasteiger partial charge in [-0.1, -0.05) is 17.7 Å². The third kappa shape index (κ3) is 4.44. The number of nitrogens with one attached hydrogen (secondary N) is 1. The fraction of sp³-hybridized carbons (Fsp3) is 0.222. The summed E-state index contributed by atoms with van der Waals surface area (Å²) in [7, 11) is -2.46. The summed E-state index contributed by atoms with van der Waals surface area (Å²) in [6.45, 7) is 3.52. The van der Waals surface area contributed by atoms with Gasteiger partial charge in [-0.05, 0) is 49.7 Å². The minimum absolute atomic E-state index is 0.0355. The van der Waals surface area contributed by atoms with E-state index in [2.05, 4.69) is 5.32 Å². The van der Waals surface area contributed by atoms with Crippen molar-refractivity contribution in [1.82, 2.24) is 4.31 Å². The molecule has 0 unspecified atom stereocenters. The fourth-order valence-electron chi connectivity index (χ4n) is 2.31. The van der Waals surface area contributed by atoms with Crippen LogP contribution >= 0.6 is 0 Å². The Balaban J connectivity index is 2.10. The summed E-state index contributed by atoms with van der Waals surface area (Å²) in [5, 5.41) is 11.5. The van der Waals surface area contributed by atoms with Crippen molar-refractivity contribution in [3.63, 3.8) is 0 Å². The minimum atomic E-state index is -3.81. The summed E-state index contributed by atoms with van der Waals surface area (Å²) >= 11 is 0. The highest BCUT2D eigenvalue weighted by Gasteiger charge is 2.23. The van der Waals surface area contributed by atoms with E-state index in [0.29, 0.717) is 11.3 Å². The highest BCUT2D eigenvalue weighted by atomic mass is 32.2. The zero-order valence-electron chi connectivity index (χ0n) is 14.3. The van der Waals surface area contributed by atoms with E-state index in [0.717, 1.165) is 15.4 Å². The van der Waals surface area contributed by atoms with E-state index in [1.807, 2.05) is 32.0 Å². The van der Waals surface area contributed by atoms with Crippen LogP contribution in [0, 0.1) is 25.2 Å². The number of benzene rings is 2. The Bertz CT molecular complexity index is 929. The lowest BCUT2D eigenvalue weighted by Gasteiger charge is -2.17. The van der Waals surface area contributed by atoms with Gasteiger partial charge >= 0.3 is 0 Å². The molecule has 0 bridgehead atoms. The predicted molar refractivity (Wildman–Crippen MR) is 95.5 cm³/mol. The molecule has 0 spiro atoms. The molecule has 2 aromatic rings. The highest BCUT2D eigenvalue weighted by molar-refractivity contribution is 7.89. The second-order valence-electron chi connectivity index (χ2n) is 5.76. The van der Waals surface area contributed by atoms with Gasteiger partial charge in [0.15, 0.2) is 0 Å². The lowest BCUT2D eigenvalue weighted by atomic mass is 10.1. The van der Waals surface area contributed by atoms with Crippen molar-refractivity contribution in [2.75, 3.05) is 18.9 Å². The molecule has 2 rings (SSSR count). The Morgan fingerprint density at radius 1 is 1.16 bits per heavy atom. The van der Waals surface area contributed by atoms with E-state index in [1.54, 1.807) is 6.07 Å². The van der Waals surface area contributed by atoms with Crippen LogP contribution in [0.1, 0.15) is 16.7 Å². The number of likely N-dealkylation sites (N-methyl/N-ethyl adjacent to an activating group) is 1. The summed E-state index contributed by atoms with van der Waals surface area (Å²) in [4.78, 5) is 12.2. The van der Waals surface area contributed by atoms with Crippen LogP contribution in [0.3, 0.4) is 0 Å². The largest absolute Gasteiger partial charge is 0.325 e. The van der Waals surface area contributed by atoms with Gasteiger partial charge in [0.2, 0.25) is 15.9 Å². The Kier molecular flexibility index (Phi) is 5.57. The van der Waals surface area contributed by atoms with Crippen molar-refractivity contribution >= 4 is 21.6 Å². The molecule has 0 saturated heterocycles. The van der Waals surface area contributed by atoms with Gasteiger partial charge in [0.25, 0.3) is 0 Å². The Hall–Kier alpha value is -2.69. The van der Waals surface area contributed by atoms with Crippen molar-refractivity contribution in [2.24, 2.45) is 0 Å². The monoisotopic (exact) mass is 357 g/mol. The van der Waals surface area contributed by atoms with E-state index >= 15 is 0 Å². The van der Waals surface area contributed by atoms with Crippen LogP contribution in [-0.2, 0) is 14.8 Å². The van der Waals surface area contributed by atoms with Crippen LogP contribution in [0.15, 0.2) is 47.4 Å². The molecule has 0 saturated carbocycles. The van der Waals surface area contributed by atoms with E-state index in [4.69, 9.17) is 5.26 Å². The van der Waals surface area contributed by atoms with Crippen molar-refractivity contribution in [2.45, 2.75) is 18.7 Å². The van der Waals surface area contributed by atoms with Gasteiger partial charge in [-0.15, -0.1) is 0 Å². The molecular formula is C18H19N3O3S. The average Bonchev–Trinajstić information content (AvgIpc) is 2.57. The van der Waals surface area contributed by atoms with E-state index in [9.17, 15) is 13.2 Å². The second kappa shape index (κ2) is 7.47. The normalized spacial score (nSPS) is 11.2. The molecule has 25 heavy (non-hydrogen) atoms. The van der Waals surface area contributed by atoms with E-state index in [-0.39, 0.29) is 11.4 Å². The number of carbonyl (C=O) groups excluding carboxylic acids is 1. The maximum atomic E-state index is 12.5. The molecule has 1 amide bonds. The molecule has 0 heterocycles. The van der Waals surface area contributed by atoms with Gasteiger partial charge in [0.05, 0.1) is 23.1 Å². The van der Waals surface area contributed by atoms with E-state index in [1.165, 1.54) is 31.3 Å². The Morgan fingerprint density at radius 2 is 1.80 bits per heavy atom. The first-order chi connectivity index (χ1) is 11.7. The van der Waals surface area contributed by atoms with Gasteiger partial charge < -0.3 is 5.32 Å². The van der Waals surface area contributed by atoms with Crippen molar-refractivity contribution in [3.05, 3.63) is 59.2 Å². The number of carbonyl (C=O) groups is 1. The van der Waals surface area contributed by atoms with Gasteiger partial charge in [-0.2, -0.15) is 9.57 Å². The van der Waals surface area contributed by atoms with Gasteiger partial charge in [-0.3, -0.25) is 4.79 Å². The number of nitrogens with zero attached hydrogens (tertiary/aromatic N) is 2. The summed E-state index contributed by atoms with van der Waals surface area (Å²) < 4.78 is 26.0. The van der Waals surface area contributed by atoms with Crippen molar-refractivity contribution in [1.29, 1.82) is 5.26 Å². The van der Waals surface area contributed by atoms with Gasteiger partial charge in [0.1, 0.15) is 0 Å². The summed E-state index contributed by atoms with van der Waals surface area (Å²) in [6, 6.07) is 13.1. The maximum absolute atomic E-state index is 12.5. The SMILES string of the molecule is Cc1ccc(NC(=O)CN(C)S(=O)(=O)c2ccc(C#N)cc2)c(C)c1. The molecule has 130 valence electrons. The lowest BCUT2D eigenvalue weighted by Crippen LogP contribution is -2.35. The number of nitriles is 1. The first-order valence-corrected chi connectivity index (χ1v) is 9.01. The zero-order chi connectivity index (χ0) is 18.6. The van der Waals surface area contributed by atoms with E-state index < -0.39 is 15.9 Å². The van der Waals surface area contributed by atoms with Crippen LogP contribution in [0.5, 0.6) is 0 Å². The molecule has 0 aliphatic heterocycles. The number of hydrogen-bond acceptors (Lipinski definition) is 4. The summed E-state index contributed by atoms with van der Waals surface area (Å²) in [5.74, 6) is -0.424. The third-order valence-corrected chi connectivity index (χ3v) is 5.53. The molecule has 0 aromatic heterocycles.